The molecule has 0 atom stereocenters. The van der Waals surface area contributed by atoms with E-state index in [4.69, 9.17) is 0 Å². The molecule has 2 N–H and O–H groups in total. The molecule has 0 bridgehead atoms. The maximum absolute atomic E-state index is 13.1. The second kappa shape index (κ2) is 8.05. The summed E-state index contributed by atoms with van der Waals surface area (Å²) in [4.78, 5) is 1.74. The molecule has 4 rings (SSSR count). The summed E-state index contributed by atoms with van der Waals surface area (Å²) in [6.07, 6.45) is 0. The molecule has 0 saturated carbocycles. The second-order valence-electron chi connectivity index (χ2n) is 7.08. The summed E-state index contributed by atoms with van der Waals surface area (Å²) >= 11 is 1.38. The summed E-state index contributed by atoms with van der Waals surface area (Å²) in [5.74, 6) is 0.133. The van der Waals surface area contributed by atoms with E-state index in [2.05, 4.69) is 4.72 Å². The van der Waals surface area contributed by atoms with Crippen molar-refractivity contribution in [2.24, 2.45) is 0 Å². The summed E-state index contributed by atoms with van der Waals surface area (Å²) in [5, 5.41) is 12.1. The van der Waals surface area contributed by atoms with Crippen LogP contribution in [0.3, 0.4) is 0 Å². The fraction of sp³-hybridized carbons (Fsp3) is 0.0833. The Bertz CT molecular complexity index is 1330. The molecule has 0 radical (unpaired) electrons. The van der Waals surface area contributed by atoms with Gasteiger partial charge in [0.15, 0.2) is 0 Å². The summed E-state index contributed by atoms with van der Waals surface area (Å²) in [6.45, 7) is 3.83. The molecular formula is C24H21NO3S2. The smallest absolute Gasteiger partial charge is 0.261 e. The van der Waals surface area contributed by atoms with Crippen LogP contribution in [0.25, 0.3) is 10.8 Å². The molecule has 0 aliphatic heterocycles. The lowest BCUT2D eigenvalue weighted by Gasteiger charge is -2.15. The quantitative estimate of drug-likeness (QED) is 0.371. The van der Waals surface area contributed by atoms with Crippen LogP contribution < -0.4 is 4.72 Å². The zero-order chi connectivity index (χ0) is 21.3. The van der Waals surface area contributed by atoms with Crippen molar-refractivity contribution in [2.45, 2.75) is 28.5 Å². The Morgan fingerprint density at radius 1 is 0.800 bits per heavy atom. The maximum atomic E-state index is 13.1. The van der Waals surface area contributed by atoms with Crippen molar-refractivity contribution in [1.29, 1.82) is 0 Å². The largest absolute Gasteiger partial charge is 0.506 e. The number of hydrogen-bond acceptors (Lipinski definition) is 4. The Morgan fingerprint density at radius 2 is 1.47 bits per heavy atom. The second-order valence-corrected chi connectivity index (χ2v) is 9.88. The lowest BCUT2D eigenvalue weighted by molar-refractivity contribution is 0.469. The Balaban J connectivity index is 1.81. The van der Waals surface area contributed by atoms with Crippen LogP contribution in [0.5, 0.6) is 5.75 Å². The van der Waals surface area contributed by atoms with Crippen LogP contribution >= 0.6 is 11.8 Å². The summed E-state index contributed by atoms with van der Waals surface area (Å²) in [5.41, 5.74) is 2.37. The van der Waals surface area contributed by atoms with Crippen LogP contribution in [0.2, 0.25) is 0 Å². The number of nitrogens with one attached hydrogen (secondary N) is 1. The molecule has 0 unspecified atom stereocenters. The third-order valence-corrected chi connectivity index (χ3v) is 7.39. The lowest BCUT2D eigenvalue weighted by atomic mass is 10.1. The van der Waals surface area contributed by atoms with Crippen LogP contribution in [-0.2, 0) is 10.0 Å². The first-order chi connectivity index (χ1) is 14.3. The first-order valence-electron chi connectivity index (χ1n) is 9.43. The van der Waals surface area contributed by atoms with Crippen molar-refractivity contribution in [3.63, 3.8) is 0 Å². The summed E-state index contributed by atoms with van der Waals surface area (Å²) < 4.78 is 28.9. The number of anilines is 1. The van der Waals surface area contributed by atoms with Crippen LogP contribution in [-0.4, -0.2) is 13.5 Å². The molecule has 0 aliphatic carbocycles. The first kappa shape index (κ1) is 20.3. The number of benzene rings is 4. The van der Waals surface area contributed by atoms with Crippen molar-refractivity contribution in [1.82, 2.24) is 0 Å². The molecule has 0 fully saturated rings. The molecule has 4 aromatic carbocycles. The van der Waals surface area contributed by atoms with E-state index in [1.165, 1.54) is 11.8 Å². The van der Waals surface area contributed by atoms with E-state index in [0.717, 1.165) is 16.0 Å². The molecule has 0 heterocycles. The fourth-order valence-corrected chi connectivity index (χ4v) is 5.28. The van der Waals surface area contributed by atoms with Gasteiger partial charge in [-0.15, -0.1) is 0 Å². The van der Waals surface area contributed by atoms with Crippen LogP contribution in [0.15, 0.2) is 93.5 Å². The molecule has 0 aliphatic rings. The van der Waals surface area contributed by atoms with Gasteiger partial charge >= 0.3 is 0 Å². The van der Waals surface area contributed by atoms with E-state index in [1.54, 1.807) is 36.4 Å². The lowest BCUT2D eigenvalue weighted by Crippen LogP contribution is -2.13. The molecule has 6 heteroatoms. The highest BCUT2D eigenvalue weighted by molar-refractivity contribution is 7.99. The highest BCUT2D eigenvalue weighted by Crippen LogP contribution is 2.42. The Kier molecular flexibility index (Phi) is 5.45. The third-order valence-electron chi connectivity index (χ3n) is 4.99. The average molecular weight is 436 g/mol. The van der Waals surface area contributed by atoms with Gasteiger partial charge in [0.1, 0.15) is 5.75 Å². The van der Waals surface area contributed by atoms with E-state index in [1.807, 2.05) is 56.3 Å². The Morgan fingerprint density at radius 3 is 2.17 bits per heavy atom. The van der Waals surface area contributed by atoms with Gasteiger partial charge in [0.25, 0.3) is 10.0 Å². The monoisotopic (exact) mass is 435 g/mol. The predicted octanol–water partition coefficient (Wildman–Crippen LogP) is 6.11. The van der Waals surface area contributed by atoms with E-state index in [-0.39, 0.29) is 10.6 Å². The average Bonchev–Trinajstić information content (AvgIpc) is 2.74. The van der Waals surface area contributed by atoms with Gasteiger partial charge < -0.3 is 5.11 Å². The molecule has 0 aromatic heterocycles. The van der Waals surface area contributed by atoms with Gasteiger partial charge in [-0.3, -0.25) is 4.72 Å². The number of sulfonamides is 1. The van der Waals surface area contributed by atoms with Crippen molar-refractivity contribution >= 4 is 38.2 Å². The minimum atomic E-state index is -3.79. The topological polar surface area (TPSA) is 66.4 Å². The summed E-state index contributed by atoms with van der Waals surface area (Å²) in [7, 11) is -3.79. The zero-order valence-corrected chi connectivity index (χ0v) is 18.2. The maximum Gasteiger partial charge on any atom is 0.261 e. The number of hydrogen-bond donors (Lipinski definition) is 2. The molecule has 0 spiro atoms. The Labute approximate surface area is 180 Å². The van der Waals surface area contributed by atoms with Crippen molar-refractivity contribution in [2.75, 3.05) is 4.72 Å². The zero-order valence-electron chi connectivity index (χ0n) is 16.6. The van der Waals surface area contributed by atoms with Gasteiger partial charge in [-0.2, -0.15) is 0 Å². The van der Waals surface area contributed by atoms with Crippen molar-refractivity contribution in [3.05, 3.63) is 90.0 Å². The highest BCUT2D eigenvalue weighted by Gasteiger charge is 2.19. The van der Waals surface area contributed by atoms with E-state index >= 15 is 0 Å². The first-order valence-corrected chi connectivity index (χ1v) is 11.7. The molecule has 30 heavy (non-hydrogen) atoms. The minimum Gasteiger partial charge on any atom is -0.506 e. The molecular weight excluding hydrogens is 414 g/mol. The van der Waals surface area contributed by atoms with Gasteiger partial charge in [0.05, 0.1) is 15.5 Å². The van der Waals surface area contributed by atoms with Gasteiger partial charge in [-0.1, -0.05) is 60.3 Å². The Hall–Kier alpha value is -2.96. The molecule has 0 saturated heterocycles. The van der Waals surface area contributed by atoms with Crippen LogP contribution in [0.1, 0.15) is 11.1 Å². The number of phenolic OH excluding ortho intramolecular Hbond substituents is 1. The van der Waals surface area contributed by atoms with E-state index in [9.17, 15) is 13.5 Å². The van der Waals surface area contributed by atoms with Gasteiger partial charge in [-0.25, -0.2) is 8.42 Å². The fourth-order valence-electron chi connectivity index (χ4n) is 3.20. The molecule has 152 valence electrons. The van der Waals surface area contributed by atoms with Crippen molar-refractivity contribution < 1.29 is 13.5 Å². The number of rotatable bonds is 5. The number of aromatic hydroxyl groups is 1. The van der Waals surface area contributed by atoms with Crippen molar-refractivity contribution in [3.8, 4) is 5.75 Å². The molecule has 4 aromatic rings. The van der Waals surface area contributed by atoms with Gasteiger partial charge in [0.2, 0.25) is 0 Å². The van der Waals surface area contributed by atoms with Gasteiger partial charge in [0, 0.05) is 15.7 Å². The summed E-state index contributed by atoms with van der Waals surface area (Å²) in [6, 6.07) is 23.6. The normalized spacial score (nSPS) is 11.5. The van der Waals surface area contributed by atoms with E-state index in [0.29, 0.717) is 21.4 Å². The number of fused-ring (bicyclic) bond motifs is 1. The number of aryl methyl sites for hydroxylation is 2. The molecule has 0 amide bonds. The standard InChI is InChI=1S/C24H21NO3S2/c1-16-12-13-19(14-17(16)2)30(27,28)25-22-15-23(29-18-8-4-3-5-9-18)24(26)21-11-7-6-10-20(21)22/h3-15,25-26H,1-2H3. The van der Waals surface area contributed by atoms with Crippen LogP contribution in [0.4, 0.5) is 5.69 Å². The number of phenols is 1. The predicted molar refractivity (Wildman–Crippen MR) is 123 cm³/mol. The molecule has 4 nitrogen and oxygen atoms in total. The van der Waals surface area contributed by atoms with Crippen LogP contribution in [0, 0.1) is 13.8 Å². The highest BCUT2D eigenvalue weighted by atomic mass is 32.2. The minimum absolute atomic E-state index is 0.133. The SMILES string of the molecule is Cc1ccc(S(=O)(=O)Nc2cc(Sc3ccccc3)c(O)c3ccccc23)cc1C. The third kappa shape index (κ3) is 4.01. The van der Waals surface area contributed by atoms with E-state index < -0.39 is 10.0 Å². The van der Waals surface area contributed by atoms with Gasteiger partial charge in [-0.05, 0) is 55.3 Å².